The fourth-order valence-electron chi connectivity index (χ4n) is 2.20. The van der Waals surface area contributed by atoms with Gasteiger partial charge in [0.1, 0.15) is 5.75 Å². The van der Waals surface area contributed by atoms with Crippen molar-refractivity contribution in [3.63, 3.8) is 0 Å². The van der Waals surface area contributed by atoms with E-state index in [1.54, 1.807) is 31.4 Å². The Bertz CT molecular complexity index is 629. The van der Waals surface area contributed by atoms with Crippen LogP contribution in [0.1, 0.15) is 38.3 Å². The third-order valence-corrected chi connectivity index (χ3v) is 4.07. The number of sulfonamides is 1. The van der Waals surface area contributed by atoms with Crippen LogP contribution in [0.4, 0.5) is 0 Å². The lowest BCUT2D eigenvalue weighted by atomic mass is 10.0. The van der Waals surface area contributed by atoms with Crippen molar-refractivity contribution in [2.75, 3.05) is 26.5 Å². The average Bonchev–Trinajstić information content (AvgIpc) is 2.52. The lowest BCUT2D eigenvalue weighted by Crippen LogP contribution is -2.33. The maximum absolute atomic E-state index is 12.1. The molecule has 7 nitrogen and oxygen atoms in total. The normalized spacial score (nSPS) is 12.8. The lowest BCUT2D eigenvalue weighted by Gasteiger charge is -2.18. The summed E-state index contributed by atoms with van der Waals surface area (Å²) in [4.78, 5) is 12.1. The molecule has 1 atom stereocenters. The van der Waals surface area contributed by atoms with E-state index < -0.39 is 16.1 Å². The number of carbonyl (C=O) groups excluding carboxylic acids is 1. The molecule has 1 aromatic carbocycles. The fourth-order valence-corrected chi connectivity index (χ4v) is 2.94. The van der Waals surface area contributed by atoms with E-state index in [4.69, 9.17) is 9.47 Å². The summed E-state index contributed by atoms with van der Waals surface area (Å²) in [6.07, 6.45) is 1.96. The Balaban J connectivity index is 2.62. The number of nitrogens with one attached hydrogen (secondary N) is 2. The monoisotopic (exact) mass is 372 g/mol. The van der Waals surface area contributed by atoms with Crippen LogP contribution in [0.5, 0.6) is 5.75 Å². The number of ether oxygens (including phenoxy) is 2. The van der Waals surface area contributed by atoms with E-state index in [0.717, 1.165) is 6.26 Å². The van der Waals surface area contributed by atoms with Crippen LogP contribution in [-0.4, -0.2) is 46.9 Å². The van der Waals surface area contributed by atoms with Gasteiger partial charge in [-0.3, -0.25) is 4.79 Å². The highest BCUT2D eigenvalue weighted by Crippen LogP contribution is 2.21. The van der Waals surface area contributed by atoms with E-state index in [-0.39, 0.29) is 18.4 Å². The summed E-state index contributed by atoms with van der Waals surface area (Å²) in [6.45, 7) is 4.96. The second-order valence-corrected chi connectivity index (χ2v) is 7.82. The highest BCUT2D eigenvalue weighted by atomic mass is 32.2. The summed E-state index contributed by atoms with van der Waals surface area (Å²) in [7, 11) is -1.90. The Morgan fingerprint density at radius 3 is 2.36 bits per heavy atom. The second kappa shape index (κ2) is 10.4. The van der Waals surface area contributed by atoms with E-state index >= 15 is 0 Å². The van der Waals surface area contributed by atoms with Gasteiger partial charge in [-0.1, -0.05) is 12.1 Å². The van der Waals surface area contributed by atoms with E-state index in [1.807, 2.05) is 13.8 Å². The van der Waals surface area contributed by atoms with Crippen LogP contribution in [0.3, 0.4) is 0 Å². The summed E-state index contributed by atoms with van der Waals surface area (Å²) in [5.41, 5.74) is 0.699. The minimum Gasteiger partial charge on any atom is -0.497 e. The molecule has 0 heterocycles. The van der Waals surface area contributed by atoms with Crippen molar-refractivity contribution in [2.24, 2.45) is 0 Å². The molecule has 0 aliphatic rings. The number of hydrogen-bond acceptors (Lipinski definition) is 5. The Labute approximate surface area is 150 Å². The van der Waals surface area contributed by atoms with Crippen molar-refractivity contribution < 1.29 is 22.7 Å². The zero-order valence-corrected chi connectivity index (χ0v) is 16.1. The molecule has 8 heteroatoms. The molecule has 0 aliphatic heterocycles. The van der Waals surface area contributed by atoms with Crippen LogP contribution in [0.25, 0.3) is 0 Å². The van der Waals surface area contributed by atoms with Gasteiger partial charge in [-0.05, 0) is 38.0 Å². The zero-order valence-electron chi connectivity index (χ0n) is 15.2. The van der Waals surface area contributed by atoms with Gasteiger partial charge in [-0.25, -0.2) is 13.1 Å². The first kappa shape index (κ1) is 21.4. The number of hydrogen-bond donors (Lipinski definition) is 2. The first-order valence-electron chi connectivity index (χ1n) is 8.21. The molecule has 0 aromatic heterocycles. The number of benzene rings is 1. The number of amides is 1. The largest absolute Gasteiger partial charge is 0.497 e. The quantitative estimate of drug-likeness (QED) is 0.576. The van der Waals surface area contributed by atoms with Crippen molar-refractivity contribution in [3.8, 4) is 5.75 Å². The van der Waals surface area contributed by atoms with Crippen molar-refractivity contribution in [1.29, 1.82) is 0 Å². The molecule has 142 valence electrons. The third-order valence-electron chi connectivity index (χ3n) is 3.36. The predicted octanol–water partition coefficient (Wildman–Crippen LogP) is 1.61. The second-order valence-electron chi connectivity index (χ2n) is 6.04. The Kier molecular flexibility index (Phi) is 8.88. The van der Waals surface area contributed by atoms with Gasteiger partial charge >= 0.3 is 0 Å². The Morgan fingerprint density at radius 2 is 1.84 bits per heavy atom. The lowest BCUT2D eigenvalue weighted by molar-refractivity contribution is -0.121. The van der Waals surface area contributed by atoms with Gasteiger partial charge in [-0.15, -0.1) is 0 Å². The molecule has 0 saturated heterocycles. The van der Waals surface area contributed by atoms with Crippen LogP contribution in [0.15, 0.2) is 24.3 Å². The van der Waals surface area contributed by atoms with Crippen LogP contribution >= 0.6 is 0 Å². The molecule has 25 heavy (non-hydrogen) atoms. The van der Waals surface area contributed by atoms with Gasteiger partial charge in [0.25, 0.3) is 0 Å². The van der Waals surface area contributed by atoms with Gasteiger partial charge < -0.3 is 14.8 Å². The maximum Gasteiger partial charge on any atom is 0.221 e. The Morgan fingerprint density at radius 1 is 1.20 bits per heavy atom. The van der Waals surface area contributed by atoms with Crippen LogP contribution in [0, 0.1) is 0 Å². The van der Waals surface area contributed by atoms with Crippen molar-refractivity contribution in [3.05, 3.63) is 29.8 Å². The van der Waals surface area contributed by atoms with Crippen molar-refractivity contribution in [1.82, 2.24) is 10.0 Å². The summed E-state index contributed by atoms with van der Waals surface area (Å²) in [6, 6.07) is 6.31. The number of carbonyl (C=O) groups is 1. The summed E-state index contributed by atoms with van der Waals surface area (Å²) < 4.78 is 36.2. The van der Waals surface area contributed by atoms with Crippen molar-refractivity contribution >= 4 is 15.9 Å². The first-order valence-corrected chi connectivity index (χ1v) is 10.1. The summed E-state index contributed by atoms with van der Waals surface area (Å²) in [5.74, 6) is 0.443. The summed E-state index contributed by atoms with van der Waals surface area (Å²) in [5, 5.41) is 2.79. The number of methoxy groups -OCH3 is 1. The van der Waals surface area contributed by atoms with Gasteiger partial charge in [-0.2, -0.15) is 0 Å². The molecule has 0 fully saturated rings. The SMILES string of the molecule is COc1ccc(C(CC(=O)NCCCOC(C)C)NS(C)(=O)=O)cc1. The van der Waals surface area contributed by atoms with E-state index in [2.05, 4.69) is 10.0 Å². The average molecular weight is 372 g/mol. The zero-order chi connectivity index (χ0) is 18.9. The molecule has 0 bridgehead atoms. The minimum atomic E-state index is -3.45. The van der Waals surface area contributed by atoms with Gasteiger partial charge in [0, 0.05) is 19.6 Å². The minimum absolute atomic E-state index is 0.0183. The fraction of sp³-hybridized carbons (Fsp3) is 0.588. The van der Waals surface area contributed by atoms with Gasteiger partial charge in [0.2, 0.25) is 15.9 Å². The standard InChI is InChI=1S/C17H28N2O5S/c1-13(2)24-11-5-10-18-17(20)12-16(19-25(4,21)22)14-6-8-15(23-3)9-7-14/h6-9,13,16,19H,5,10-12H2,1-4H3,(H,18,20). The topological polar surface area (TPSA) is 93.7 Å². The molecule has 1 amide bonds. The van der Waals surface area contributed by atoms with Crippen molar-refractivity contribution in [2.45, 2.75) is 38.8 Å². The third kappa shape index (κ3) is 9.42. The summed E-state index contributed by atoms with van der Waals surface area (Å²) >= 11 is 0. The van der Waals surface area contributed by atoms with Gasteiger partial charge in [0.15, 0.2) is 0 Å². The molecular formula is C17H28N2O5S. The van der Waals surface area contributed by atoms with Crippen LogP contribution in [-0.2, 0) is 19.6 Å². The molecule has 0 saturated carbocycles. The van der Waals surface area contributed by atoms with Gasteiger partial charge in [0.05, 0.1) is 25.5 Å². The molecular weight excluding hydrogens is 344 g/mol. The Hall–Kier alpha value is -1.64. The van der Waals surface area contributed by atoms with E-state index in [0.29, 0.717) is 30.9 Å². The van der Waals surface area contributed by atoms with Crippen LogP contribution < -0.4 is 14.8 Å². The molecule has 1 aromatic rings. The van der Waals surface area contributed by atoms with E-state index in [1.165, 1.54) is 0 Å². The highest BCUT2D eigenvalue weighted by molar-refractivity contribution is 7.88. The van der Waals surface area contributed by atoms with Crippen LogP contribution in [0.2, 0.25) is 0 Å². The maximum atomic E-state index is 12.1. The first-order chi connectivity index (χ1) is 11.7. The van der Waals surface area contributed by atoms with E-state index in [9.17, 15) is 13.2 Å². The number of rotatable bonds is 11. The highest BCUT2D eigenvalue weighted by Gasteiger charge is 2.19. The molecule has 1 unspecified atom stereocenters. The molecule has 0 radical (unpaired) electrons. The molecule has 0 aliphatic carbocycles. The molecule has 0 spiro atoms. The predicted molar refractivity (Wildman–Crippen MR) is 97.0 cm³/mol. The molecule has 2 N–H and O–H groups in total. The smallest absolute Gasteiger partial charge is 0.221 e. The molecule has 1 rings (SSSR count).